The smallest absolute Gasteiger partial charge is 0.149 e. The molecule has 0 aromatic carbocycles. The predicted octanol–water partition coefficient (Wildman–Crippen LogP) is -0.454. The molecule has 0 aliphatic heterocycles. The highest BCUT2D eigenvalue weighted by Gasteiger charge is 2.08. The summed E-state index contributed by atoms with van der Waals surface area (Å²) in [6, 6.07) is -0.366. The van der Waals surface area contributed by atoms with E-state index in [0.717, 1.165) is 0 Å². The maximum absolute atomic E-state index is 10.5. The van der Waals surface area contributed by atoms with E-state index in [1.54, 1.807) is 0 Å². The number of aliphatic hydroxyl groups excluding tert-OH is 1. The van der Waals surface area contributed by atoms with E-state index in [1.165, 1.54) is 6.92 Å². The van der Waals surface area contributed by atoms with Gasteiger partial charge in [-0.25, -0.2) is 0 Å². The lowest BCUT2D eigenvalue weighted by atomic mass is 10.2. The number of hydrogen-bond donors (Lipinski definition) is 2. The molecule has 0 fully saturated rings. The van der Waals surface area contributed by atoms with Crippen LogP contribution in [0.25, 0.3) is 0 Å². The van der Waals surface area contributed by atoms with Crippen molar-refractivity contribution in [3.8, 4) is 0 Å². The predicted molar refractivity (Wildman–Crippen MR) is 35.2 cm³/mol. The summed E-state index contributed by atoms with van der Waals surface area (Å²) < 4.78 is 0. The van der Waals surface area contributed by atoms with Crippen LogP contribution in [0.2, 0.25) is 0 Å². The van der Waals surface area contributed by atoms with Gasteiger partial charge >= 0.3 is 0 Å². The Morgan fingerprint density at radius 3 is 2.44 bits per heavy atom. The number of ketones is 1. The second-order valence-corrected chi connectivity index (χ2v) is 1.90. The molecule has 1 atom stereocenters. The average molecular weight is 131 g/mol. The van der Waals surface area contributed by atoms with Gasteiger partial charge in [0.05, 0.1) is 12.6 Å². The highest BCUT2D eigenvalue weighted by Crippen LogP contribution is 1.81. The van der Waals surface area contributed by atoms with Crippen LogP contribution in [0.1, 0.15) is 13.8 Å². The Kier molecular flexibility index (Phi) is 4.26. The summed E-state index contributed by atoms with van der Waals surface area (Å²) in [6.07, 6.45) is 0. The molecule has 54 valence electrons. The summed E-state index contributed by atoms with van der Waals surface area (Å²) in [7, 11) is 0. The molecule has 1 unspecified atom stereocenters. The molecule has 0 aromatic heterocycles. The zero-order chi connectivity index (χ0) is 7.28. The second kappa shape index (κ2) is 4.47. The molecule has 0 saturated carbocycles. The van der Waals surface area contributed by atoms with Crippen molar-refractivity contribution >= 4 is 5.78 Å². The number of rotatable bonds is 4. The zero-order valence-electron chi connectivity index (χ0n) is 5.85. The Morgan fingerprint density at radius 2 is 2.33 bits per heavy atom. The molecular weight excluding hydrogens is 118 g/mol. The second-order valence-electron chi connectivity index (χ2n) is 1.90. The van der Waals surface area contributed by atoms with Crippen molar-refractivity contribution in [2.24, 2.45) is 0 Å². The van der Waals surface area contributed by atoms with E-state index < -0.39 is 0 Å². The summed E-state index contributed by atoms with van der Waals surface area (Å²) in [4.78, 5) is 10.5. The molecule has 0 radical (unpaired) electrons. The van der Waals surface area contributed by atoms with Crippen LogP contribution < -0.4 is 5.32 Å². The van der Waals surface area contributed by atoms with Crippen molar-refractivity contribution < 1.29 is 9.90 Å². The third-order valence-corrected chi connectivity index (χ3v) is 1.12. The maximum atomic E-state index is 10.5. The van der Waals surface area contributed by atoms with E-state index in [4.69, 9.17) is 5.11 Å². The quantitative estimate of drug-likeness (QED) is 0.543. The molecule has 0 aliphatic rings. The molecule has 3 nitrogen and oxygen atoms in total. The molecule has 0 heterocycles. The van der Waals surface area contributed by atoms with E-state index in [0.29, 0.717) is 6.54 Å². The monoisotopic (exact) mass is 131 g/mol. The van der Waals surface area contributed by atoms with Crippen LogP contribution in [-0.2, 0) is 4.79 Å². The molecule has 0 amide bonds. The zero-order valence-corrected chi connectivity index (χ0v) is 5.85. The van der Waals surface area contributed by atoms with Gasteiger partial charge in [-0.3, -0.25) is 4.79 Å². The van der Waals surface area contributed by atoms with Crippen LogP contribution >= 0.6 is 0 Å². The molecule has 0 aromatic rings. The van der Waals surface area contributed by atoms with Gasteiger partial charge < -0.3 is 10.4 Å². The SMILES string of the molecule is CCNC(CO)C(C)=O. The number of carbonyl (C=O) groups excluding carboxylic acids is 1. The molecule has 0 spiro atoms. The normalized spacial score (nSPS) is 13.2. The molecule has 0 saturated heterocycles. The molecule has 2 N–H and O–H groups in total. The maximum Gasteiger partial charge on any atom is 0.149 e. The number of aliphatic hydroxyl groups is 1. The van der Waals surface area contributed by atoms with Crippen molar-refractivity contribution in [2.75, 3.05) is 13.2 Å². The lowest BCUT2D eigenvalue weighted by Crippen LogP contribution is -2.38. The number of nitrogens with one attached hydrogen (secondary N) is 1. The van der Waals surface area contributed by atoms with Gasteiger partial charge in [-0.05, 0) is 13.5 Å². The van der Waals surface area contributed by atoms with Crippen molar-refractivity contribution in [1.29, 1.82) is 0 Å². The number of carbonyl (C=O) groups is 1. The standard InChI is InChI=1S/C6H13NO2/c1-3-7-6(4-8)5(2)9/h6-8H,3-4H2,1-2H3. The molecule has 0 bridgehead atoms. The van der Waals surface area contributed by atoms with Crippen LogP contribution in [0.3, 0.4) is 0 Å². The fraction of sp³-hybridized carbons (Fsp3) is 0.833. The van der Waals surface area contributed by atoms with Crippen molar-refractivity contribution in [1.82, 2.24) is 5.32 Å². The third-order valence-electron chi connectivity index (χ3n) is 1.12. The summed E-state index contributed by atoms with van der Waals surface area (Å²) in [5.74, 6) is -0.0145. The topological polar surface area (TPSA) is 49.3 Å². The number of likely N-dealkylation sites (N-methyl/N-ethyl adjacent to an activating group) is 1. The average Bonchev–Trinajstić information content (AvgIpc) is 1.82. The van der Waals surface area contributed by atoms with E-state index >= 15 is 0 Å². The Hall–Kier alpha value is -0.410. The van der Waals surface area contributed by atoms with Crippen LogP contribution in [-0.4, -0.2) is 30.1 Å². The largest absolute Gasteiger partial charge is 0.394 e. The fourth-order valence-electron chi connectivity index (χ4n) is 0.583. The van der Waals surface area contributed by atoms with Gasteiger partial charge in [0.15, 0.2) is 0 Å². The first-order valence-electron chi connectivity index (χ1n) is 3.07. The van der Waals surface area contributed by atoms with Gasteiger partial charge in [-0.1, -0.05) is 6.92 Å². The Bertz CT molecular complexity index is 93.1. The minimum absolute atomic E-state index is 0.0145. The molecule has 9 heavy (non-hydrogen) atoms. The van der Waals surface area contributed by atoms with Crippen LogP contribution in [0, 0.1) is 0 Å². The third kappa shape index (κ3) is 3.21. The summed E-state index contributed by atoms with van der Waals surface area (Å²) in [5, 5.41) is 11.4. The lowest BCUT2D eigenvalue weighted by molar-refractivity contribution is -0.119. The minimum atomic E-state index is -0.366. The Labute approximate surface area is 55.1 Å². The van der Waals surface area contributed by atoms with Gasteiger partial charge in [-0.2, -0.15) is 0 Å². The summed E-state index contributed by atoms with van der Waals surface area (Å²) in [5.41, 5.74) is 0. The van der Waals surface area contributed by atoms with Gasteiger partial charge in [0, 0.05) is 0 Å². The van der Waals surface area contributed by atoms with Gasteiger partial charge in [-0.15, -0.1) is 0 Å². The van der Waals surface area contributed by atoms with Gasteiger partial charge in [0.2, 0.25) is 0 Å². The first-order chi connectivity index (χ1) is 4.22. The Balaban J connectivity index is 3.54. The van der Waals surface area contributed by atoms with E-state index in [2.05, 4.69) is 5.32 Å². The first-order valence-corrected chi connectivity index (χ1v) is 3.07. The minimum Gasteiger partial charge on any atom is -0.394 e. The van der Waals surface area contributed by atoms with Gasteiger partial charge in [0.25, 0.3) is 0 Å². The van der Waals surface area contributed by atoms with Crippen molar-refractivity contribution in [3.63, 3.8) is 0 Å². The molecule has 3 heteroatoms. The van der Waals surface area contributed by atoms with Crippen molar-refractivity contribution in [2.45, 2.75) is 19.9 Å². The van der Waals surface area contributed by atoms with Crippen LogP contribution in [0.15, 0.2) is 0 Å². The van der Waals surface area contributed by atoms with E-state index in [9.17, 15) is 4.79 Å². The fourth-order valence-corrected chi connectivity index (χ4v) is 0.583. The van der Waals surface area contributed by atoms with Crippen molar-refractivity contribution in [3.05, 3.63) is 0 Å². The van der Waals surface area contributed by atoms with Gasteiger partial charge in [0.1, 0.15) is 5.78 Å². The molecule has 0 aliphatic carbocycles. The molecular formula is C6H13NO2. The first kappa shape index (κ1) is 8.59. The van der Waals surface area contributed by atoms with Crippen LogP contribution in [0.5, 0.6) is 0 Å². The van der Waals surface area contributed by atoms with E-state index in [-0.39, 0.29) is 18.4 Å². The molecule has 0 rings (SSSR count). The summed E-state index contributed by atoms with van der Waals surface area (Å²) in [6.45, 7) is 3.96. The number of hydrogen-bond acceptors (Lipinski definition) is 3. The van der Waals surface area contributed by atoms with E-state index in [1.807, 2.05) is 6.92 Å². The Morgan fingerprint density at radius 1 is 1.78 bits per heavy atom. The number of Topliss-reactive ketones (excluding diaryl/α,β-unsaturated/α-hetero) is 1. The highest BCUT2D eigenvalue weighted by atomic mass is 16.3. The van der Waals surface area contributed by atoms with Crippen LogP contribution in [0.4, 0.5) is 0 Å². The lowest BCUT2D eigenvalue weighted by Gasteiger charge is -2.09. The highest BCUT2D eigenvalue weighted by molar-refractivity contribution is 5.81. The summed E-state index contributed by atoms with van der Waals surface area (Å²) >= 11 is 0.